The van der Waals surface area contributed by atoms with Crippen LogP contribution in [-0.4, -0.2) is 13.2 Å². The van der Waals surface area contributed by atoms with Gasteiger partial charge in [-0.2, -0.15) is 5.26 Å². The molecule has 1 aliphatic rings. The van der Waals surface area contributed by atoms with Crippen molar-refractivity contribution >= 4 is 0 Å². The Balaban J connectivity index is 2.06. The number of rotatable bonds is 4. The lowest BCUT2D eigenvalue weighted by molar-refractivity contribution is -0.0102. The minimum Gasteiger partial charge on any atom is -0.494 e. The van der Waals surface area contributed by atoms with Crippen molar-refractivity contribution in [2.24, 2.45) is 5.92 Å². The van der Waals surface area contributed by atoms with Crippen LogP contribution in [-0.2, 0) is 4.74 Å². The molecule has 0 spiro atoms. The third kappa shape index (κ3) is 3.02. The first-order valence-corrected chi connectivity index (χ1v) is 6.59. The van der Waals surface area contributed by atoms with E-state index in [0.29, 0.717) is 0 Å². The Morgan fingerprint density at radius 1 is 1.39 bits per heavy atom. The first-order chi connectivity index (χ1) is 8.85. The molecule has 2 rings (SSSR count). The third-order valence-electron chi connectivity index (χ3n) is 3.17. The molecule has 0 radical (unpaired) electrons. The Morgan fingerprint density at radius 3 is 2.83 bits per heavy atom. The highest BCUT2D eigenvalue weighted by Crippen LogP contribution is 2.33. The maximum absolute atomic E-state index is 9.14. The highest BCUT2D eigenvalue weighted by molar-refractivity contribution is 5.29. The first-order valence-electron chi connectivity index (χ1n) is 6.59. The molecule has 1 fully saturated rings. The molecule has 0 bridgehead atoms. The smallest absolute Gasteiger partial charge is 0.119 e. The zero-order valence-electron chi connectivity index (χ0n) is 10.8. The zero-order chi connectivity index (χ0) is 12.8. The molecule has 1 aliphatic heterocycles. The molecule has 18 heavy (non-hydrogen) atoms. The summed E-state index contributed by atoms with van der Waals surface area (Å²) in [5.41, 5.74) is 1.07. The number of nitriles is 1. The van der Waals surface area contributed by atoms with Crippen LogP contribution in [0.15, 0.2) is 24.3 Å². The van der Waals surface area contributed by atoms with Crippen molar-refractivity contribution < 1.29 is 9.47 Å². The number of nitrogens with zero attached hydrogens (tertiary/aromatic N) is 1. The van der Waals surface area contributed by atoms with Crippen molar-refractivity contribution in [1.29, 1.82) is 5.26 Å². The highest BCUT2D eigenvalue weighted by atomic mass is 16.5. The molecular formula is C15H19NO2. The molecule has 3 heteroatoms. The lowest BCUT2D eigenvalue weighted by Crippen LogP contribution is -2.21. The second kappa shape index (κ2) is 6.42. The minimum absolute atomic E-state index is 0.0267. The van der Waals surface area contributed by atoms with E-state index in [0.717, 1.165) is 43.8 Å². The maximum atomic E-state index is 9.14. The van der Waals surface area contributed by atoms with E-state index in [9.17, 15) is 0 Å². The van der Waals surface area contributed by atoms with Crippen LogP contribution in [0, 0.1) is 17.2 Å². The molecule has 1 aromatic carbocycles. The molecule has 96 valence electrons. The molecule has 3 nitrogen and oxygen atoms in total. The molecule has 1 saturated heterocycles. The highest BCUT2D eigenvalue weighted by Gasteiger charge is 2.27. The summed E-state index contributed by atoms with van der Waals surface area (Å²) in [7, 11) is 0. The molecule has 0 N–H and O–H groups in total. The van der Waals surface area contributed by atoms with E-state index in [1.165, 1.54) is 0 Å². The maximum Gasteiger partial charge on any atom is 0.119 e. The molecule has 0 aromatic heterocycles. The Morgan fingerprint density at radius 2 is 2.17 bits per heavy atom. The summed E-state index contributed by atoms with van der Waals surface area (Å²) < 4.78 is 11.3. The quantitative estimate of drug-likeness (QED) is 0.815. The standard InChI is InChI=1S/C15H19NO2/c1-2-9-17-14-7-5-12(6-8-14)15-13(11-16)4-3-10-18-15/h5-8,13,15H,2-4,9-10H2,1H3. The van der Waals surface area contributed by atoms with Crippen LogP contribution < -0.4 is 4.74 Å². The Kier molecular flexibility index (Phi) is 4.60. The lowest BCUT2D eigenvalue weighted by Gasteiger charge is -2.27. The molecule has 1 heterocycles. The molecule has 0 saturated carbocycles. The van der Waals surface area contributed by atoms with Gasteiger partial charge in [0.05, 0.1) is 24.7 Å². The van der Waals surface area contributed by atoms with E-state index in [1.807, 2.05) is 24.3 Å². The van der Waals surface area contributed by atoms with Crippen molar-refractivity contribution in [3.05, 3.63) is 29.8 Å². The SMILES string of the molecule is CCCOc1ccc(C2OCCCC2C#N)cc1. The Labute approximate surface area is 108 Å². The topological polar surface area (TPSA) is 42.2 Å². The molecule has 0 aliphatic carbocycles. The van der Waals surface area contributed by atoms with Gasteiger partial charge in [-0.15, -0.1) is 0 Å². The van der Waals surface area contributed by atoms with Gasteiger partial charge in [0, 0.05) is 6.61 Å². The van der Waals surface area contributed by atoms with Gasteiger partial charge in [0.25, 0.3) is 0 Å². The van der Waals surface area contributed by atoms with E-state index in [-0.39, 0.29) is 12.0 Å². The van der Waals surface area contributed by atoms with Crippen molar-refractivity contribution in [3.8, 4) is 11.8 Å². The lowest BCUT2D eigenvalue weighted by atomic mass is 9.91. The third-order valence-corrected chi connectivity index (χ3v) is 3.17. The fourth-order valence-electron chi connectivity index (χ4n) is 2.22. The van der Waals surface area contributed by atoms with E-state index in [4.69, 9.17) is 14.7 Å². The fraction of sp³-hybridized carbons (Fsp3) is 0.533. The summed E-state index contributed by atoms with van der Waals surface area (Å²) in [6, 6.07) is 10.3. The van der Waals surface area contributed by atoms with Crippen LogP contribution in [0.1, 0.15) is 37.9 Å². The number of hydrogen-bond donors (Lipinski definition) is 0. The van der Waals surface area contributed by atoms with Gasteiger partial charge >= 0.3 is 0 Å². The molecule has 1 aromatic rings. The number of ether oxygens (including phenoxy) is 2. The predicted octanol–water partition coefficient (Wildman–Crippen LogP) is 3.47. The normalized spacial score (nSPS) is 23.3. The van der Waals surface area contributed by atoms with Crippen molar-refractivity contribution in [3.63, 3.8) is 0 Å². The van der Waals surface area contributed by atoms with Gasteiger partial charge in [0.15, 0.2) is 0 Å². The second-order valence-electron chi connectivity index (χ2n) is 4.59. The number of benzene rings is 1. The predicted molar refractivity (Wildman–Crippen MR) is 69.3 cm³/mol. The molecule has 0 amide bonds. The van der Waals surface area contributed by atoms with Gasteiger partial charge in [-0.3, -0.25) is 0 Å². The first kappa shape index (κ1) is 12.9. The van der Waals surface area contributed by atoms with E-state index >= 15 is 0 Å². The average molecular weight is 245 g/mol. The fourth-order valence-corrected chi connectivity index (χ4v) is 2.22. The average Bonchev–Trinajstić information content (AvgIpc) is 2.45. The van der Waals surface area contributed by atoms with E-state index < -0.39 is 0 Å². The molecule has 2 unspecified atom stereocenters. The van der Waals surface area contributed by atoms with Crippen LogP contribution in [0.25, 0.3) is 0 Å². The van der Waals surface area contributed by atoms with Crippen molar-refractivity contribution in [1.82, 2.24) is 0 Å². The minimum atomic E-state index is -0.0797. The Hall–Kier alpha value is -1.53. The van der Waals surface area contributed by atoms with Gasteiger partial charge < -0.3 is 9.47 Å². The summed E-state index contributed by atoms with van der Waals surface area (Å²) in [4.78, 5) is 0. The summed E-state index contributed by atoms with van der Waals surface area (Å²) in [6.45, 7) is 3.57. The summed E-state index contributed by atoms with van der Waals surface area (Å²) in [5.74, 6) is 0.853. The van der Waals surface area contributed by atoms with Gasteiger partial charge in [0.1, 0.15) is 5.75 Å². The van der Waals surface area contributed by atoms with Crippen LogP contribution in [0.3, 0.4) is 0 Å². The molecule has 2 atom stereocenters. The largest absolute Gasteiger partial charge is 0.494 e. The van der Waals surface area contributed by atoms with Crippen LogP contribution in [0.4, 0.5) is 0 Å². The van der Waals surface area contributed by atoms with Gasteiger partial charge in [0.2, 0.25) is 0 Å². The monoisotopic (exact) mass is 245 g/mol. The van der Waals surface area contributed by atoms with Gasteiger partial charge in [-0.25, -0.2) is 0 Å². The van der Waals surface area contributed by atoms with Crippen LogP contribution >= 0.6 is 0 Å². The second-order valence-corrected chi connectivity index (χ2v) is 4.59. The zero-order valence-corrected chi connectivity index (χ0v) is 10.8. The summed E-state index contributed by atoms with van der Waals surface area (Å²) >= 11 is 0. The van der Waals surface area contributed by atoms with Gasteiger partial charge in [-0.1, -0.05) is 19.1 Å². The number of hydrogen-bond acceptors (Lipinski definition) is 3. The van der Waals surface area contributed by atoms with E-state index in [2.05, 4.69) is 13.0 Å². The Bertz CT molecular complexity index is 407. The van der Waals surface area contributed by atoms with Gasteiger partial charge in [-0.05, 0) is 37.0 Å². The summed E-state index contributed by atoms with van der Waals surface area (Å²) in [5, 5.41) is 9.14. The molecular weight excluding hydrogens is 226 g/mol. The van der Waals surface area contributed by atoms with E-state index in [1.54, 1.807) is 0 Å². The summed E-state index contributed by atoms with van der Waals surface area (Å²) in [6.07, 6.45) is 2.83. The van der Waals surface area contributed by atoms with Crippen LogP contribution in [0.2, 0.25) is 0 Å². The van der Waals surface area contributed by atoms with Crippen molar-refractivity contribution in [2.75, 3.05) is 13.2 Å². The van der Waals surface area contributed by atoms with Crippen molar-refractivity contribution in [2.45, 2.75) is 32.3 Å². The van der Waals surface area contributed by atoms with Crippen LogP contribution in [0.5, 0.6) is 5.75 Å².